The van der Waals surface area contributed by atoms with Crippen LogP contribution in [0.5, 0.6) is 5.75 Å². The second-order valence-electron chi connectivity index (χ2n) is 5.23. The summed E-state index contributed by atoms with van der Waals surface area (Å²) in [5.41, 5.74) is 0.447. The number of aromatic carboxylic acids is 1. The number of benzene rings is 1. The third-order valence-electron chi connectivity index (χ3n) is 3.38. The highest BCUT2D eigenvalue weighted by Gasteiger charge is 2.17. The number of carbonyl (C=O) groups excluding carboxylic acids is 1. The lowest BCUT2D eigenvalue weighted by molar-refractivity contribution is -0.0503. The summed E-state index contributed by atoms with van der Waals surface area (Å²) in [6.07, 6.45) is 1.47. The van der Waals surface area contributed by atoms with E-state index in [9.17, 15) is 18.4 Å². The van der Waals surface area contributed by atoms with Gasteiger partial charge in [0.1, 0.15) is 17.1 Å². The molecule has 0 atom stereocenters. The molecule has 0 fully saturated rings. The van der Waals surface area contributed by atoms with E-state index in [-0.39, 0.29) is 11.3 Å². The summed E-state index contributed by atoms with van der Waals surface area (Å²) in [5.74, 6) is -1.94. The second-order valence-corrected chi connectivity index (χ2v) is 5.23. The fourth-order valence-corrected chi connectivity index (χ4v) is 2.31. The van der Waals surface area contributed by atoms with Gasteiger partial charge in [-0.2, -0.15) is 13.9 Å². The zero-order valence-corrected chi connectivity index (χ0v) is 13.3. The molecule has 2 heterocycles. The molecule has 0 bridgehead atoms. The molecule has 10 heteroatoms. The number of carbonyl (C=O) groups is 2. The van der Waals surface area contributed by atoms with Crippen LogP contribution in [0.25, 0.3) is 5.65 Å². The molecule has 8 nitrogen and oxygen atoms in total. The molecule has 26 heavy (non-hydrogen) atoms. The number of fused-ring (bicyclic) bond motifs is 1. The number of pyridine rings is 1. The number of rotatable bonds is 5. The van der Waals surface area contributed by atoms with Crippen LogP contribution in [-0.4, -0.2) is 38.2 Å². The summed E-state index contributed by atoms with van der Waals surface area (Å²) in [6.45, 7) is -1.45. The summed E-state index contributed by atoms with van der Waals surface area (Å²) in [7, 11) is 0. The van der Waals surface area contributed by atoms with E-state index in [1.807, 2.05) is 0 Å². The summed E-state index contributed by atoms with van der Waals surface area (Å²) < 4.78 is 30.2. The van der Waals surface area contributed by atoms with Crippen molar-refractivity contribution in [3.8, 4) is 5.75 Å². The number of nitrogens with zero attached hydrogens (tertiary/aromatic N) is 3. The first kappa shape index (κ1) is 17.3. The smallest absolute Gasteiger partial charge is 0.387 e. The molecule has 134 valence electrons. The second kappa shape index (κ2) is 6.75. The number of hydrogen-bond acceptors (Lipinski definition) is 5. The van der Waals surface area contributed by atoms with Gasteiger partial charge < -0.3 is 15.2 Å². The monoisotopic (exact) mass is 362 g/mol. The Morgan fingerprint density at radius 1 is 1.27 bits per heavy atom. The van der Waals surface area contributed by atoms with E-state index in [1.54, 1.807) is 13.0 Å². The fraction of sp³-hybridized carbons (Fsp3) is 0.125. The summed E-state index contributed by atoms with van der Waals surface area (Å²) in [4.78, 5) is 27.7. The van der Waals surface area contributed by atoms with E-state index < -0.39 is 29.8 Å². The van der Waals surface area contributed by atoms with E-state index in [4.69, 9.17) is 5.11 Å². The Hall–Kier alpha value is -3.56. The van der Waals surface area contributed by atoms with Crippen molar-refractivity contribution in [1.82, 2.24) is 14.6 Å². The molecule has 2 N–H and O–H groups in total. The van der Waals surface area contributed by atoms with Crippen molar-refractivity contribution in [2.45, 2.75) is 13.5 Å². The number of alkyl halides is 2. The Balaban J connectivity index is 1.85. The predicted octanol–water partition coefficient (Wildman–Crippen LogP) is 2.59. The molecule has 2 aromatic heterocycles. The average molecular weight is 362 g/mol. The van der Waals surface area contributed by atoms with Crippen molar-refractivity contribution in [1.29, 1.82) is 0 Å². The number of ether oxygens (including phenoxy) is 1. The van der Waals surface area contributed by atoms with Crippen LogP contribution < -0.4 is 10.1 Å². The third kappa shape index (κ3) is 3.58. The molecule has 0 unspecified atom stereocenters. The quantitative estimate of drug-likeness (QED) is 0.723. The Morgan fingerprint density at radius 3 is 2.73 bits per heavy atom. The lowest BCUT2D eigenvalue weighted by atomic mass is 10.1. The maximum atomic E-state index is 12.3. The number of amides is 1. The standard InChI is InChI=1S/C16H12F2N4O4/c1-8-19-13-5-2-9(7-22(13)21-8)14(23)20-10-3-4-12(26-16(17)18)11(6-10)15(24)25/h2-7,16H,1H3,(H,20,23)(H,24,25). The largest absolute Gasteiger partial charge is 0.478 e. The van der Waals surface area contributed by atoms with Crippen LogP contribution in [0.1, 0.15) is 26.5 Å². The van der Waals surface area contributed by atoms with Crippen LogP contribution in [0.2, 0.25) is 0 Å². The summed E-state index contributed by atoms with van der Waals surface area (Å²) in [5, 5.41) is 15.7. The molecule has 0 aliphatic rings. The number of carboxylic acid groups (broad SMARTS) is 1. The SMILES string of the molecule is Cc1nc2ccc(C(=O)Nc3ccc(OC(F)F)c(C(=O)O)c3)cn2n1. The van der Waals surface area contributed by atoms with Crippen LogP contribution in [0, 0.1) is 6.92 Å². The van der Waals surface area contributed by atoms with Crippen LogP contribution in [0.3, 0.4) is 0 Å². The normalized spacial score (nSPS) is 10.9. The predicted molar refractivity (Wildman–Crippen MR) is 85.7 cm³/mol. The number of carboxylic acids is 1. The minimum atomic E-state index is -3.16. The van der Waals surface area contributed by atoms with Gasteiger partial charge in [-0.1, -0.05) is 0 Å². The summed E-state index contributed by atoms with van der Waals surface area (Å²) >= 11 is 0. The Kier molecular flexibility index (Phi) is 4.48. The highest BCUT2D eigenvalue weighted by Crippen LogP contribution is 2.25. The zero-order valence-electron chi connectivity index (χ0n) is 13.3. The van der Waals surface area contributed by atoms with E-state index >= 15 is 0 Å². The molecule has 3 rings (SSSR count). The van der Waals surface area contributed by atoms with Gasteiger partial charge in [-0.3, -0.25) is 4.79 Å². The number of aryl methyl sites for hydroxylation is 1. The highest BCUT2D eigenvalue weighted by atomic mass is 19.3. The van der Waals surface area contributed by atoms with Crippen molar-refractivity contribution in [2.24, 2.45) is 0 Å². The molecule has 1 amide bonds. The topological polar surface area (TPSA) is 106 Å². The number of hydrogen-bond donors (Lipinski definition) is 2. The molecule has 1 aromatic carbocycles. The highest BCUT2D eigenvalue weighted by molar-refractivity contribution is 6.05. The molecular formula is C16H12F2N4O4. The molecule has 0 saturated carbocycles. The Morgan fingerprint density at radius 2 is 2.04 bits per heavy atom. The maximum absolute atomic E-state index is 12.3. The van der Waals surface area contributed by atoms with Gasteiger partial charge in [0.2, 0.25) is 0 Å². The van der Waals surface area contributed by atoms with E-state index in [2.05, 4.69) is 20.1 Å². The van der Waals surface area contributed by atoms with Crippen LogP contribution >= 0.6 is 0 Å². The number of nitrogens with one attached hydrogen (secondary N) is 1. The van der Waals surface area contributed by atoms with Gasteiger partial charge in [-0.05, 0) is 37.3 Å². The third-order valence-corrected chi connectivity index (χ3v) is 3.38. The summed E-state index contributed by atoms with van der Waals surface area (Å²) in [6, 6.07) is 6.49. The molecule has 0 spiro atoms. The molecule has 0 aliphatic carbocycles. The van der Waals surface area contributed by atoms with Crippen LogP contribution in [0.4, 0.5) is 14.5 Å². The lowest BCUT2D eigenvalue weighted by Gasteiger charge is -2.11. The molecule has 0 saturated heterocycles. The number of anilines is 1. The van der Waals surface area contributed by atoms with Crippen molar-refractivity contribution in [3.63, 3.8) is 0 Å². The molecule has 3 aromatic rings. The minimum absolute atomic E-state index is 0.115. The van der Waals surface area contributed by atoms with E-state index in [0.717, 1.165) is 12.1 Å². The maximum Gasteiger partial charge on any atom is 0.387 e. The molecule has 0 aliphatic heterocycles. The van der Waals surface area contributed by atoms with Crippen molar-refractivity contribution in [2.75, 3.05) is 5.32 Å². The van der Waals surface area contributed by atoms with E-state index in [1.165, 1.54) is 22.8 Å². The van der Waals surface area contributed by atoms with Gasteiger partial charge in [0.15, 0.2) is 5.65 Å². The zero-order chi connectivity index (χ0) is 18.8. The number of halogens is 2. The van der Waals surface area contributed by atoms with Gasteiger partial charge in [0.05, 0.1) is 5.56 Å². The fourth-order valence-electron chi connectivity index (χ4n) is 2.31. The Bertz CT molecular complexity index is 1000. The first-order valence-corrected chi connectivity index (χ1v) is 7.30. The molecule has 0 radical (unpaired) electrons. The average Bonchev–Trinajstić information content (AvgIpc) is 2.94. The van der Waals surface area contributed by atoms with Gasteiger partial charge in [-0.15, -0.1) is 0 Å². The number of aromatic nitrogens is 3. The minimum Gasteiger partial charge on any atom is -0.478 e. The van der Waals surface area contributed by atoms with Crippen LogP contribution in [0.15, 0.2) is 36.5 Å². The lowest BCUT2D eigenvalue weighted by Crippen LogP contribution is -2.14. The van der Waals surface area contributed by atoms with Gasteiger partial charge in [-0.25, -0.2) is 14.3 Å². The first-order chi connectivity index (χ1) is 12.3. The first-order valence-electron chi connectivity index (χ1n) is 7.30. The van der Waals surface area contributed by atoms with Crippen molar-refractivity contribution in [3.05, 3.63) is 53.5 Å². The molecular weight excluding hydrogens is 350 g/mol. The van der Waals surface area contributed by atoms with Gasteiger partial charge in [0.25, 0.3) is 5.91 Å². The van der Waals surface area contributed by atoms with Crippen molar-refractivity contribution >= 4 is 23.2 Å². The van der Waals surface area contributed by atoms with Gasteiger partial charge >= 0.3 is 12.6 Å². The van der Waals surface area contributed by atoms with Crippen LogP contribution in [-0.2, 0) is 0 Å². The van der Waals surface area contributed by atoms with Gasteiger partial charge in [0, 0.05) is 11.9 Å². The van der Waals surface area contributed by atoms with E-state index in [0.29, 0.717) is 11.5 Å². The Labute approximate surface area is 145 Å². The van der Waals surface area contributed by atoms with Crippen molar-refractivity contribution < 1.29 is 28.2 Å².